The number of carbonyl (C=O) groups is 2. The van der Waals surface area contributed by atoms with Crippen LogP contribution in [-0.2, 0) is 32.6 Å². The lowest BCUT2D eigenvalue weighted by Gasteiger charge is -2.32. The van der Waals surface area contributed by atoms with Gasteiger partial charge in [0.15, 0.2) is 0 Å². The molecule has 1 heterocycles. The smallest absolute Gasteiger partial charge is 0.265 e. The normalized spacial score (nSPS) is 16.2. The van der Waals surface area contributed by atoms with Crippen LogP contribution in [0.4, 0.5) is 5.69 Å². The van der Waals surface area contributed by atoms with E-state index in [1.165, 1.54) is 4.31 Å². The van der Waals surface area contributed by atoms with E-state index < -0.39 is 16.1 Å². The first-order valence-corrected chi connectivity index (χ1v) is 17.1. The summed E-state index contributed by atoms with van der Waals surface area (Å²) in [5, 5.41) is 5.40. The lowest BCUT2D eigenvalue weighted by atomic mass is 10.0. The van der Waals surface area contributed by atoms with E-state index in [4.69, 9.17) is 11.6 Å². The summed E-state index contributed by atoms with van der Waals surface area (Å²) in [7, 11) is -3.72. The van der Waals surface area contributed by atoms with Crippen LogP contribution >= 0.6 is 11.6 Å². The van der Waals surface area contributed by atoms with Gasteiger partial charge in [0.25, 0.3) is 10.0 Å². The highest BCUT2D eigenvalue weighted by molar-refractivity contribution is 7.93. The third kappa shape index (κ3) is 6.33. The van der Waals surface area contributed by atoms with Crippen LogP contribution in [0.5, 0.6) is 0 Å². The van der Waals surface area contributed by atoms with Gasteiger partial charge >= 0.3 is 0 Å². The highest BCUT2D eigenvalue weighted by Gasteiger charge is 2.36. The minimum absolute atomic E-state index is 0.0912. The Hall–Kier alpha value is -3.88. The Bertz CT molecular complexity index is 1750. The van der Waals surface area contributed by atoms with E-state index in [1.807, 2.05) is 66.7 Å². The zero-order valence-corrected chi connectivity index (χ0v) is 26.1. The Labute approximate surface area is 263 Å². The monoisotopic (exact) mass is 629 g/mol. The average molecular weight is 630 g/mol. The zero-order valence-electron chi connectivity index (χ0n) is 24.5. The number of carbonyl (C=O) groups excluding carboxylic acids is 2. The maximum Gasteiger partial charge on any atom is 0.265 e. The molecule has 2 aliphatic rings. The first kappa shape index (κ1) is 30.2. The fourth-order valence-corrected chi connectivity index (χ4v) is 8.30. The Morgan fingerprint density at radius 2 is 1.59 bits per heavy atom. The van der Waals surface area contributed by atoms with Crippen molar-refractivity contribution in [1.82, 2.24) is 10.2 Å². The number of nitrogens with zero attached hydrogens (tertiary/aromatic N) is 2. The maximum atomic E-state index is 14.1. The first-order chi connectivity index (χ1) is 21.3. The molecule has 0 spiro atoms. The van der Waals surface area contributed by atoms with E-state index in [0.29, 0.717) is 28.4 Å². The summed E-state index contributed by atoms with van der Waals surface area (Å²) in [6, 6.07) is 27.3. The summed E-state index contributed by atoms with van der Waals surface area (Å²) in [6.07, 6.45) is 4.81. The number of anilines is 1. The van der Waals surface area contributed by atoms with Crippen LogP contribution in [0.15, 0.2) is 95.9 Å². The fourth-order valence-electron chi connectivity index (χ4n) is 6.42. The van der Waals surface area contributed by atoms with Gasteiger partial charge in [-0.1, -0.05) is 91.2 Å². The Morgan fingerprint density at radius 1 is 0.886 bits per heavy atom. The van der Waals surface area contributed by atoms with E-state index in [-0.39, 0.29) is 37.4 Å². The Kier molecular flexibility index (Phi) is 8.91. The number of hydrogen-bond acceptors (Lipinski definition) is 4. The van der Waals surface area contributed by atoms with Crippen LogP contribution in [0.3, 0.4) is 0 Å². The van der Waals surface area contributed by atoms with Crippen molar-refractivity contribution in [3.05, 3.63) is 107 Å². The van der Waals surface area contributed by atoms with Gasteiger partial charge in [0.1, 0.15) is 6.04 Å². The molecular weight excluding hydrogens is 594 g/mol. The molecule has 9 heteroatoms. The third-order valence-corrected chi connectivity index (χ3v) is 10.8. The van der Waals surface area contributed by atoms with E-state index in [0.717, 1.165) is 47.6 Å². The second kappa shape index (κ2) is 13.0. The van der Waals surface area contributed by atoms with Crippen molar-refractivity contribution in [2.45, 2.75) is 68.5 Å². The van der Waals surface area contributed by atoms with Crippen LogP contribution in [0.2, 0.25) is 5.02 Å². The summed E-state index contributed by atoms with van der Waals surface area (Å²) in [4.78, 5) is 29.9. The van der Waals surface area contributed by atoms with Gasteiger partial charge in [-0.05, 0) is 60.0 Å². The molecular formula is C35H36ClN3O4S. The SMILES string of the molecule is O=C(NC1CCCC1)[C@@H](Cc1ccccc1)N(Cc1ccc(Cl)cc1)C(=O)CCCN1c2cccc3cccc(c23)S1(=O)=O. The lowest BCUT2D eigenvalue weighted by molar-refractivity contribution is -0.141. The first-order valence-electron chi connectivity index (χ1n) is 15.2. The fraction of sp³-hybridized carbons (Fsp3) is 0.314. The molecule has 0 unspecified atom stereocenters. The number of nitrogens with one attached hydrogen (secondary N) is 1. The van der Waals surface area contributed by atoms with Crippen molar-refractivity contribution >= 4 is 49.9 Å². The molecule has 1 saturated carbocycles. The molecule has 0 aromatic heterocycles. The number of hydrogen-bond donors (Lipinski definition) is 1. The van der Waals surface area contributed by atoms with Gasteiger partial charge in [0.05, 0.1) is 10.6 Å². The molecule has 0 saturated heterocycles. The molecule has 1 atom stereocenters. The highest BCUT2D eigenvalue weighted by atomic mass is 35.5. The average Bonchev–Trinajstić information content (AvgIpc) is 3.61. The maximum absolute atomic E-state index is 14.1. The molecule has 228 valence electrons. The highest BCUT2D eigenvalue weighted by Crippen LogP contribution is 2.42. The third-order valence-electron chi connectivity index (χ3n) is 8.67. The van der Waals surface area contributed by atoms with E-state index in [9.17, 15) is 18.0 Å². The minimum Gasteiger partial charge on any atom is -0.352 e. The van der Waals surface area contributed by atoms with Gasteiger partial charge in [-0.3, -0.25) is 13.9 Å². The second-order valence-corrected chi connectivity index (χ2v) is 13.9. The molecule has 2 amide bonds. The zero-order chi connectivity index (χ0) is 30.7. The predicted molar refractivity (Wildman–Crippen MR) is 174 cm³/mol. The van der Waals surface area contributed by atoms with Crippen molar-refractivity contribution in [2.75, 3.05) is 10.8 Å². The molecule has 0 bridgehead atoms. The minimum atomic E-state index is -3.72. The molecule has 4 aromatic rings. The standard InChI is InChI=1S/C35H36ClN3O4S/c36-28-20-18-26(19-21-28)24-38(31(23-25-9-2-1-3-10-25)35(41)37-29-13-4-5-14-29)33(40)17-8-22-39-30-15-6-11-27-12-7-16-32(34(27)30)44(39,42)43/h1-3,6-7,9-12,15-16,18-21,29,31H,4-5,8,13-14,17,22-24H2,(H,37,41)/t31-/m1/s1. The van der Waals surface area contributed by atoms with Crippen molar-refractivity contribution in [3.8, 4) is 0 Å². The van der Waals surface area contributed by atoms with Crippen LogP contribution in [-0.4, -0.2) is 43.8 Å². The summed E-state index contributed by atoms with van der Waals surface area (Å²) in [5.74, 6) is -0.359. The molecule has 44 heavy (non-hydrogen) atoms. The second-order valence-electron chi connectivity index (χ2n) is 11.7. The van der Waals surface area contributed by atoms with Gasteiger partial charge in [0.2, 0.25) is 11.8 Å². The van der Waals surface area contributed by atoms with Crippen LogP contribution < -0.4 is 9.62 Å². The van der Waals surface area contributed by atoms with Crippen LogP contribution in [0, 0.1) is 0 Å². The summed E-state index contributed by atoms with van der Waals surface area (Å²) < 4.78 is 28.4. The molecule has 6 rings (SSSR count). The quantitative estimate of drug-likeness (QED) is 0.206. The van der Waals surface area contributed by atoms with Crippen molar-refractivity contribution in [1.29, 1.82) is 0 Å². The topological polar surface area (TPSA) is 86.8 Å². The van der Waals surface area contributed by atoms with Crippen LogP contribution in [0.25, 0.3) is 10.8 Å². The van der Waals surface area contributed by atoms with Gasteiger partial charge in [-0.25, -0.2) is 8.42 Å². The predicted octanol–water partition coefficient (Wildman–Crippen LogP) is 6.48. The molecule has 0 radical (unpaired) electrons. The van der Waals surface area contributed by atoms with Crippen LogP contribution in [0.1, 0.15) is 49.7 Å². The lowest BCUT2D eigenvalue weighted by Crippen LogP contribution is -2.52. The van der Waals surface area contributed by atoms with Crippen molar-refractivity contribution < 1.29 is 18.0 Å². The summed E-state index contributed by atoms with van der Waals surface area (Å²) >= 11 is 6.14. The molecule has 7 nitrogen and oxygen atoms in total. The molecule has 4 aromatic carbocycles. The number of sulfonamides is 1. The molecule has 1 aliphatic heterocycles. The van der Waals surface area contributed by atoms with Gasteiger partial charge in [0, 0.05) is 42.4 Å². The Balaban J connectivity index is 1.25. The molecule has 1 aliphatic carbocycles. The molecule has 1 N–H and O–H groups in total. The van der Waals surface area contributed by atoms with Gasteiger partial charge < -0.3 is 10.2 Å². The number of rotatable bonds is 11. The summed E-state index contributed by atoms with van der Waals surface area (Å²) in [6.45, 7) is 0.395. The van der Waals surface area contributed by atoms with Gasteiger partial charge in [-0.2, -0.15) is 0 Å². The van der Waals surface area contributed by atoms with E-state index in [2.05, 4.69) is 5.32 Å². The number of benzene rings is 4. The van der Waals surface area contributed by atoms with Crippen molar-refractivity contribution in [2.24, 2.45) is 0 Å². The summed E-state index contributed by atoms with van der Waals surface area (Å²) in [5.41, 5.74) is 2.46. The number of halogens is 1. The van der Waals surface area contributed by atoms with E-state index >= 15 is 0 Å². The van der Waals surface area contributed by atoms with Gasteiger partial charge in [-0.15, -0.1) is 0 Å². The number of amides is 2. The van der Waals surface area contributed by atoms with Crippen molar-refractivity contribution in [3.63, 3.8) is 0 Å². The Morgan fingerprint density at radius 3 is 2.32 bits per heavy atom. The largest absolute Gasteiger partial charge is 0.352 e. The molecule has 1 fully saturated rings. The van der Waals surface area contributed by atoms with E-state index in [1.54, 1.807) is 29.2 Å².